The Morgan fingerprint density at radius 3 is 2.52 bits per heavy atom. The maximum absolute atomic E-state index is 13.1. The van der Waals surface area contributed by atoms with Crippen LogP contribution in [0.25, 0.3) is 5.69 Å². The lowest BCUT2D eigenvalue weighted by Crippen LogP contribution is -2.49. The van der Waals surface area contributed by atoms with E-state index in [-0.39, 0.29) is 17.4 Å². The van der Waals surface area contributed by atoms with Crippen molar-refractivity contribution in [3.05, 3.63) is 41.6 Å². The van der Waals surface area contributed by atoms with Gasteiger partial charge in [0.1, 0.15) is 17.9 Å². The second kappa shape index (κ2) is 8.20. The van der Waals surface area contributed by atoms with E-state index in [4.69, 9.17) is 0 Å². The monoisotopic (exact) mass is 463 g/mol. The average molecular weight is 463 g/mol. The fourth-order valence-corrected chi connectivity index (χ4v) is 4.60. The van der Waals surface area contributed by atoms with Crippen LogP contribution in [0, 0.1) is 6.92 Å². The molecule has 1 aliphatic carbocycles. The second-order valence-electron chi connectivity index (χ2n) is 8.50. The van der Waals surface area contributed by atoms with Crippen LogP contribution in [0.5, 0.6) is 0 Å². The SMILES string of the molecule is Cc1cc(NC(=O)CN2C(=O)N(C)C3(CCCCC3)C2=O)n(-c2cccc(C(F)(F)F)c2)n1. The van der Waals surface area contributed by atoms with Gasteiger partial charge in [-0.1, -0.05) is 25.3 Å². The average Bonchev–Trinajstić information content (AvgIpc) is 3.21. The number of alkyl halides is 3. The van der Waals surface area contributed by atoms with E-state index in [2.05, 4.69) is 10.4 Å². The molecule has 0 bridgehead atoms. The van der Waals surface area contributed by atoms with E-state index in [0.29, 0.717) is 18.5 Å². The number of hydrogen-bond acceptors (Lipinski definition) is 4. The number of carbonyl (C=O) groups excluding carboxylic acids is 3. The van der Waals surface area contributed by atoms with Gasteiger partial charge in [0.05, 0.1) is 16.9 Å². The van der Waals surface area contributed by atoms with E-state index in [9.17, 15) is 27.6 Å². The summed E-state index contributed by atoms with van der Waals surface area (Å²) in [6.45, 7) is 1.14. The number of likely N-dealkylation sites (N-methyl/N-ethyl adjacent to an activating group) is 1. The maximum atomic E-state index is 13.1. The minimum absolute atomic E-state index is 0.113. The summed E-state index contributed by atoms with van der Waals surface area (Å²) in [5.74, 6) is -0.893. The van der Waals surface area contributed by atoms with Crippen molar-refractivity contribution >= 4 is 23.7 Å². The van der Waals surface area contributed by atoms with Crippen LogP contribution in [0.15, 0.2) is 30.3 Å². The first-order valence-corrected chi connectivity index (χ1v) is 10.7. The molecule has 0 atom stereocenters. The van der Waals surface area contributed by atoms with Gasteiger partial charge in [0, 0.05) is 13.1 Å². The Hall–Kier alpha value is -3.37. The highest BCUT2D eigenvalue weighted by atomic mass is 19.4. The highest BCUT2D eigenvalue weighted by molar-refractivity contribution is 6.10. The molecule has 1 N–H and O–H groups in total. The first-order chi connectivity index (χ1) is 15.5. The predicted octanol–water partition coefficient (Wildman–Crippen LogP) is 3.73. The molecule has 176 valence electrons. The third-order valence-corrected chi connectivity index (χ3v) is 6.30. The number of carbonyl (C=O) groups is 3. The number of amides is 4. The standard InChI is InChI=1S/C22H24F3N5O3/c1-14-11-17(30(27-14)16-8-6-7-15(12-16)22(23,24)25)26-18(31)13-29-19(32)21(28(2)20(29)33)9-4-3-5-10-21/h6-8,11-12H,3-5,9-10,13H2,1-2H3,(H,26,31). The normalized spacial score (nSPS) is 18.3. The highest BCUT2D eigenvalue weighted by Gasteiger charge is 2.55. The van der Waals surface area contributed by atoms with Crippen LogP contribution in [0.4, 0.5) is 23.8 Å². The summed E-state index contributed by atoms with van der Waals surface area (Å²) < 4.78 is 40.5. The number of rotatable bonds is 4. The van der Waals surface area contributed by atoms with Crippen LogP contribution in [-0.2, 0) is 15.8 Å². The van der Waals surface area contributed by atoms with Gasteiger partial charge in [-0.3, -0.25) is 14.5 Å². The fraction of sp³-hybridized carbons (Fsp3) is 0.455. The van der Waals surface area contributed by atoms with Crippen molar-refractivity contribution in [2.24, 2.45) is 0 Å². The quantitative estimate of drug-likeness (QED) is 0.700. The predicted molar refractivity (Wildman–Crippen MR) is 113 cm³/mol. The van der Waals surface area contributed by atoms with Gasteiger partial charge in [-0.05, 0) is 38.0 Å². The smallest absolute Gasteiger partial charge is 0.313 e. The van der Waals surface area contributed by atoms with Crippen LogP contribution in [-0.4, -0.2) is 56.6 Å². The maximum Gasteiger partial charge on any atom is 0.416 e. The lowest BCUT2D eigenvalue weighted by molar-refractivity contribution is -0.137. The van der Waals surface area contributed by atoms with Crippen LogP contribution in [0.2, 0.25) is 0 Å². The summed E-state index contributed by atoms with van der Waals surface area (Å²) in [5, 5.41) is 6.76. The summed E-state index contributed by atoms with van der Waals surface area (Å²) in [4.78, 5) is 40.9. The molecule has 2 fully saturated rings. The van der Waals surface area contributed by atoms with Gasteiger partial charge in [-0.2, -0.15) is 18.3 Å². The van der Waals surface area contributed by atoms with Crippen molar-refractivity contribution < 1.29 is 27.6 Å². The molecule has 4 amide bonds. The van der Waals surface area contributed by atoms with E-state index in [1.54, 1.807) is 14.0 Å². The van der Waals surface area contributed by atoms with Crippen molar-refractivity contribution in [2.45, 2.75) is 50.7 Å². The third-order valence-electron chi connectivity index (χ3n) is 6.30. The highest BCUT2D eigenvalue weighted by Crippen LogP contribution is 2.39. The van der Waals surface area contributed by atoms with Crippen molar-refractivity contribution in [3.63, 3.8) is 0 Å². The molecular weight excluding hydrogens is 439 g/mol. The molecule has 33 heavy (non-hydrogen) atoms. The van der Waals surface area contributed by atoms with E-state index >= 15 is 0 Å². The minimum atomic E-state index is -4.53. The van der Waals surface area contributed by atoms with Gasteiger partial charge in [0.2, 0.25) is 5.91 Å². The van der Waals surface area contributed by atoms with Gasteiger partial charge in [-0.15, -0.1) is 0 Å². The molecule has 2 aliphatic rings. The first-order valence-electron chi connectivity index (χ1n) is 10.7. The summed E-state index contributed by atoms with van der Waals surface area (Å²) >= 11 is 0. The van der Waals surface area contributed by atoms with E-state index in [1.165, 1.54) is 27.8 Å². The van der Waals surface area contributed by atoms with Gasteiger partial charge in [-0.25, -0.2) is 9.48 Å². The molecule has 4 rings (SSSR count). The topological polar surface area (TPSA) is 87.5 Å². The molecule has 0 unspecified atom stereocenters. The van der Waals surface area contributed by atoms with E-state index in [0.717, 1.165) is 36.3 Å². The lowest BCUT2D eigenvalue weighted by Gasteiger charge is -2.35. The summed E-state index contributed by atoms with van der Waals surface area (Å²) in [6.07, 6.45) is -0.741. The van der Waals surface area contributed by atoms with Crippen LogP contribution >= 0.6 is 0 Å². The van der Waals surface area contributed by atoms with Gasteiger partial charge < -0.3 is 10.2 Å². The number of aryl methyl sites for hydroxylation is 1. The zero-order valence-corrected chi connectivity index (χ0v) is 18.3. The molecule has 1 saturated carbocycles. The Balaban J connectivity index is 1.54. The summed E-state index contributed by atoms with van der Waals surface area (Å²) in [6, 6.07) is 5.53. The fourth-order valence-electron chi connectivity index (χ4n) is 4.60. The number of aromatic nitrogens is 2. The molecule has 8 nitrogen and oxygen atoms in total. The molecule has 1 aromatic heterocycles. The molecule has 1 aromatic carbocycles. The Bertz CT molecular complexity index is 1100. The summed E-state index contributed by atoms with van der Waals surface area (Å²) in [7, 11) is 1.58. The zero-order chi connectivity index (χ0) is 24.0. The van der Waals surface area contributed by atoms with Crippen molar-refractivity contribution in [1.29, 1.82) is 0 Å². The molecule has 2 heterocycles. The van der Waals surface area contributed by atoms with Crippen LogP contribution < -0.4 is 5.32 Å². The first kappa shape index (κ1) is 22.8. The largest absolute Gasteiger partial charge is 0.416 e. The van der Waals surface area contributed by atoms with Crippen LogP contribution in [0.3, 0.4) is 0 Å². The number of hydrogen-bond donors (Lipinski definition) is 1. The molecule has 0 radical (unpaired) electrons. The number of benzene rings is 1. The van der Waals surface area contributed by atoms with Crippen molar-refractivity contribution in [1.82, 2.24) is 19.6 Å². The second-order valence-corrected chi connectivity index (χ2v) is 8.50. The van der Waals surface area contributed by atoms with Crippen LogP contribution in [0.1, 0.15) is 43.4 Å². The molecule has 11 heteroatoms. The van der Waals surface area contributed by atoms with Crippen molar-refractivity contribution in [2.75, 3.05) is 18.9 Å². The molecule has 2 aromatic rings. The Labute approximate surface area is 188 Å². The summed E-state index contributed by atoms with van der Waals surface area (Å²) in [5.41, 5.74) is -1.16. The zero-order valence-electron chi connectivity index (χ0n) is 18.3. The lowest BCUT2D eigenvalue weighted by atomic mass is 9.81. The Morgan fingerprint density at radius 1 is 1.15 bits per heavy atom. The Kier molecular flexibility index (Phi) is 5.67. The number of anilines is 1. The number of nitrogens with one attached hydrogen (secondary N) is 1. The number of urea groups is 1. The van der Waals surface area contributed by atoms with Gasteiger partial charge in [0.25, 0.3) is 5.91 Å². The number of halogens is 3. The third kappa shape index (κ3) is 4.07. The number of nitrogens with zero attached hydrogens (tertiary/aromatic N) is 4. The molecular formula is C22H24F3N5O3. The van der Waals surface area contributed by atoms with Gasteiger partial charge in [0.15, 0.2) is 0 Å². The molecule has 1 saturated heterocycles. The van der Waals surface area contributed by atoms with E-state index < -0.39 is 35.8 Å². The van der Waals surface area contributed by atoms with Crippen molar-refractivity contribution in [3.8, 4) is 5.69 Å². The minimum Gasteiger partial charge on any atom is -0.313 e. The number of imide groups is 1. The molecule has 1 aliphatic heterocycles. The van der Waals surface area contributed by atoms with Gasteiger partial charge >= 0.3 is 12.2 Å². The Morgan fingerprint density at radius 2 is 1.85 bits per heavy atom. The molecule has 1 spiro atoms. The van der Waals surface area contributed by atoms with E-state index in [1.807, 2.05) is 0 Å².